The van der Waals surface area contributed by atoms with Crippen LogP contribution in [-0.4, -0.2) is 53.3 Å². The van der Waals surface area contributed by atoms with Crippen LogP contribution in [-0.2, 0) is 17.7 Å². The molecule has 5 heterocycles. The Hall–Kier alpha value is -4.81. The number of benzene rings is 1. The van der Waals surface area contributed by atoms with E-state index in [1.165, 1.54) is 29.1 Å². The molecule has 0 spiro atoms. The number of ether oxygens (including phenoxy) is 2. The first-order chi connectivity index (χ1) is 18.0. The Labute approximate surface area is 207 Å². The van der Waals surface area contributed by atoms with Gasteiger partial charge in [-0.15, -0.1) is 10.2 Å². The van der Waals surface area contributed by atoms with Crippen molar-refractivity contribution >= 4 is 23.2 Å². The summed E-state index contributed by atoms with van der Waals surface area (Å²) in [7, 11) is 0. The fourth-order valence-electron chi connectivity index (χ4n) is 4.50. The molecule has 1 aromatic carbocycles. The summed E-state index contributed by atoms with van der Waals surface area (Å²) in [5.74, 6) is -1.51. The molecule has 0 bridgehead atoms. The summed E-state index contributed by atoms with van der Waals surface area (Å²) in [4.78, 5) is 20.8. The van der Waals surface area contributed by atoms with Gasteiger partial charge in [0.1, 0.15) is 29.4 Å². The van der Waals surface area contributed by atoms with Gasteiger partial charge < -0.3 is 19.9 Å². The Morgan fingerprint density at radius 3 is 2.95 bits per heavy atom. The molecule has 4 aromatic heterocycles. The summed E-state index contributed by atoms with van der Waals surface area (Å²) < 4.78 is 42.4. The predicted molar refractivity (Wildman–Crippen MR) is 125 cm³/mol. The Morgan fingerprint density at radius 1 is 1.24 bits per heavy atom. The van der Waals surface area contributed by atoms with Crippen LogP contribution in [0.4, 0.5) is 14.7 Å². The zero-order valence-corrected chi connectivity index (χ0v) is 19.4. The Balaban J connectivity index is 1.42. The smallest absolute Gasteiger partial charge is 0.361 e. The molecular weight excluding hydrogens is 488 g/mol. The lowest BCUT2D eigenvalue weighted by molar-refractivity contribution is 0.0514. The molecule has 1 aliphatic heterocycles. The van der Waals surface area contributed by atoms with Gasteiger partial charge in [-0.1, -0.05) is 0 Å². The lowest BCUT2D eigenvalue weighted by Crippen LogP contribution is -2.10. The molecule has 0 fully saturated rings. The fraction of sp³-hybridized carbons (Fsp3) is 0.208. The number of esters is 1. The number of hydrogen-bond acceptors (Lipinski definition) is 9. The third-order valence-corrected chi connectivity index (χ3v) is 6.12. The van der Waals surface area contributed by atoms with Crippen molar-refractivity contribution < 1.29 is 28.2 Å². The zero-order chi connectivity index (χ0) is 25.7. The number of pyridine rings is 1. The van der Waals surface area contributed by atoms with E-state index >= 15 is 0 Å². The van der Waals surface area contributed by atoms with E-state index in [2.05, 4.69) is 25.5 Å². The van der Waals surface area contributed by atoms with Gasteiger partial charge in [0.2, 0.25) is 11.8 Å². The molecule has 0 saturated heterocycles. The van der Waals surface area contributed by atoms with Gasteiger partial charge in [-0.3, -0.25) is 8.80 Å². The van der Waals surface area contributed by atoms with Gasteiger partial charge in [0.25, 0.3) is 0 Å². The minimum Gasteiger partial charge on any atom is -0.493 e. The summed E-state index contributed by atoms with van der Waals surface area (Å²) >= 11 is 0. The molecular formula is C24H19F2N7O4. The second-order valence-electron chi connectivity index (χ2n) is 8.24. The number of anilines is 1. The maximum Gasteiger partial charge on any atom is 0.361 e. The van der Waals surface area contributed by atoms with Crippen molar-refractivity contribution in [3.05, 3.63) is 65.4 Å². The number of aromatic nitrogens is 6. The molecule has 2 N–H and O–H groups in total. The Morgan fingerprint density at radius 2 is 2.11 bits per heavy atom. The van der Waals surface area contributed by atoms with Crippen molar-refractivity contribution in [3.63, 3.8) is 0 Å². The van der Waals surface area contributed by atoms with Crippen LogP contribution in [0.25, 0.3) is 22.4 Å². The van der Waals surface area contributed by atoms with Crippen LogP contribution in [0.3, 0.4) is 0 Å². The quantitative estimate of drug-likeness (QED) is 0.333. The number of fused-ring (bicyclic) bond motifs is 3. The first-order valence-corrected chi connectivity index (χ1v) is 11.4. The molecule has 0 radical (unpaired) electrons. The highest BCUT2D eigenvalue weighted by Crippen LogP contribution is 2.33. The number of hydrogen-bond donors (Lipinski definition) is 2. The molecule has 1 aliphatic rings. The largest absolute Gasteiger partial charge is 0.493 e. The van der Waals surface area contributed by atoms with Gasteiger partial charge in [-0.05, 0) is 25.1 Å². The van der Waals surface area contributed by atoms with Gasteiger partial charge in [-0.25, -0.2) is 18.6 Å². The highest BCUT2D eigenvalue weighted by atomic mass is 19.1. The van der Waals surface area contributed by atoms with Crippen molar-refractivity contribution in [1.82, 2.24) is 29.0 Å². The molecule has 0 amide bonds. The van der Waals surface area contributed by atoms with E-state index in [4.69, 9.17) is 9.47 Å². The van der Waals surface area contributed by atoms with E-state index in [1.807, 2.05) is 0 Å². The predicted octanol–water partition coefficient (Wildman–Crippen LogP) is 3.15. The van der Waals surface area contributed by atoms with Gasteiger partial charge in [-0.2, -0.15) is 4.98 Å². The van der Waals surface area contributed by atoms with Crippen LogP contribution < -0.4 is 10.1 Å². The van der Waals surface area contributed by atoms with E-state index in [0.717, 1.165) is 16.2 Å². The molecule has 0 saturated carbocycles. The number of imidazole rings is 1. The second-order valence-corrected chi connectivity index (χ2v) is 8.24. The summed E-state index contributed by atoms with van der Waals surface area (Å²) in [6.07, 6.45) is 4.48. The Bertz CT molecular complexity index is 1700. The molecule has 11 nitrogen and oxygen atoms in total. The highest BCUT2D eigenvalue weighted by molar-refractivity contribution is 5.94. The SMILES string of the molecule is CCOC(=O)c1c(O)nc2c(-c3cnc(NCc4c(F)ccc5c4CCO5)n4cnnc34)cc(F)cn12. The first-order valence-electron chi connectivity index (χ1n) is 11.4. The number of nitrogens with zero attached hydrogens (tertiary/aromatic N) is 6. The normalized spacial score (nSPS) is 12.6. The highest BCUT2D eigenvalue weighted by Gasteiger charge is 2.25. The molecule has 13 heteroatoms. The van der Waals surface area contributed by atoms with Crippen molar-refractivity contribution in [2.75, 3.05) is 18.5 Å². The van der Waals surface area contributed by atoms with Gasteiger partial charge >= 0.3 is 5.97 Å². The lowest BCUT2D eigenvalue weighted by Gasteiger charge is -2.13. The standard InChI is InChI=1S/C24H19F2N7O4/c1-2-36-23(35)19-22(34)30-20-14(7-12(25)10-32(19)20)16-9-28-24(33-11-29-31-21(16)33)27-8-15-13-5-6-37-18(13)4-3-17(15)26/h3-4,7,9-11,34H,2,5-6,8H2,1H3,(H,27,28). The Kier molecular flexibility index (Phi) is 5.32. The van der Waals surface area contributed by atoms with E-state index in [-0.39, 0.29) is 35.9 Å². The third kappa shape index (κ3) is 3.66. The number of rotatable bonds is 6. The van der Waals surface area contributed by atoms with Crippen molar-refractivity contribution in [2.45, 2.75) is 19.9 Å². The number of carbonyl (C=O) groups excluding carboxylic acids is 1. The number of nitrogens with one attached hydrogen (secondary N) is 1. The summed E-state index contributed by atoms with van der Waals surface area (Å²) in [5, 5.41) is 21.5. The fourth-order valence-corrected chi connectivity index (χ4v) is 4.50. The summed E-state index contributed by atoms with van der Waals surface area (Å²) in [5.41, 5.74) is 1.93. The van der Waals surface area contributed by atoms with Gasteiger partial charge in [0.05, 0.1) is 13.2 Å². The maximum atomic E-state index is 14.7. The van der Waals surface area contributed by atoms with Crippen molar-refractivity contribution in [1.29, 1.82) is 0 Å². The topological polar surface area (TPSA) is 128 Å². The van der Waals surface area contributed by atoms with E-state index in [1.54, 1.807) is 13.0 Å². The van der Waals surface area contributed by atoms with E-state index in [9.17, 15) is 18.7 Å². The minimum atomic E-state index is -0.848. The van der Waals surface area contributed by atoms with Gasteiger partial charge in [0.15, 0.2) is 11.3 Å². The maximum absolute atomic E-state index is 14.7. The molecule has 5 aromatic rings. The molecule has 37 heavy (non-hydrogen) atoms. The average molecular weight is 507 g/mol. The van der Waals surface area contributed by atoms with E-state index in [0.29, 0.717) is 41.5 Å². The third-order valence-electron chi connectivity index (χ3n) is 6.12. The zero-order valence-electron chi connectivity index (χ0n) is 19.4. The molecule has 0 atom stereocenters. The molecule has 0 unspecified atom stereocenters. The number of aromatic hydroxyl groups is 1. The van der Waals surface area contributed by atoms with E-state index < -0.39 is 17.7 Å². The van der Waals surface area contributed by atoms with Crippen LogP contribution in [0.2, 0.25) is 0 Å². The second kappa shape index (κ2) is 8.69. The van der Waals surface area contributed by atoms with Crippen LogP contribution in [0.1, 0.15) is 28.5 Å². The number of halogens is 2. The van der Waals surface area contributed by atoms with Crippen LogP contribution >= 0.6 is 0 Å². The van der Waals surface area contributed by atoms with Crippen molar-refractivity contribution in [3.8, 4) is 22.8 Å². The molecule has 188 valence electrons. The van der Waals surface area contributed by atoms with Crippen molar-refractivity contribution in [2.24, 2.45) is 0 Å². The van der Waals surface area contributed by atoms with Crippen LogP contribution in [0.15, 0.2) is 36.9 Å². The minimum absolute atomic E-state index is 0.0646. The number of carbonyl (C=O) groups is 1. The molecule has 0 aliphatic carbocycles. The lowest BCUT2D eigenvalue weighted by atomic mass is 10.0. The molecule has 6 rings (SSSR count). The first kappa shape index (κ1) is 22.6. The van der Waals surface area contributed by atoms with Crippen LogP contribution in [0.5, 0.6) is 11.6 Å². The summed E-state index contributed by atoms with van der Waals surface area (Å²) in [6, 6.07) is 4.18. The summed E-state index contributed by atoms with van der Waals surface area (Å²) in [6.45, 7) is 2.31. The van der Waals surface area contributed by atoms with Gasteiger partial charge in [0, 0.05) is 47.6 Å². The average Bonchev–Trinajstić information content (AvgIpc) is 3.61. The monoisotopic (exact) mass is 507 g/mol. The van der Waals surface area contributed by atoms with Crippen LogP contribution in [0, 0.1) is 11.6 Å².